The summed E-state index contributed by atoms with van der Waals surface area (Å²) in [6, 6.07) is 1.74. The van der Waals surface area contributed by atoms with Gasteiger partial charge in [0, 0.05) is 12.1 Å². The van der Waals surface area contributed by atoms with E-state index in [0.29, 0.717) is 6.54 Å². The van der Waals surface area contributed by atoms with E-state index in [4.69, 9.17) is 4.52 Å². The number of carbonyl (C=O) groups is 1. The lowest BCUT2D eigenvalue weighted by Crippen LogP contribution is -2.44. The first-order chi connectivity index (χ1) is 7.63. The number of rotatable bonds is 6. The topological polar surface area (TPSA) is 67.2 Å². The average Bonchev–Trinajstić information content (AvgIpc) is 2.78. The van der Waals surface area contributed by atoms with Crippen molar-refractivity contribution in [3.63, 3.8) is 0 Å². The third-order valence-corrected chi connectivity index (χ3v) is 2.47. The van der Waals surface area contributed by atoms with Gasteiger partial charge in [-0.25, -0.2) is 0 Å². The molecular weight excluding hydrogens is 206 g/mol. The number of carbonyl (C=O) groups excluding carboxylic acids is 1. The Kier molecular flexibility index (Phi) is 4.98. The van der Waals surface area contributed by atoms with Crippen LogP contribution in [0.25, 0.3) is 0 Å². The minimum absolute atomic E-state index is 0.00821. The summed E-state index contributed by atoms with van der Waals surface area (Å²) in [5.41, 5.74) is 0. The maximum atomic E-state index is 11.7. The maximum Gasteiger partial charge on any atom is 0.237 e. The molecule has 90 valence electrons. The van der Waals surface area contributed by atoms with Crippen LogP contribution in [0.15, 0.2) is 16.8 Å². The Morgan fingerprint density at radius 1 is 1.56 bits per heavy atom. The van der Waals surface area contributed by atoms with Gasteiger partial charge in [-0.1, -0.05) is 12.1 Å². The van der Waals surface area contributed by atoms with Crippen molar-refractivity contribution < 1.29 is 9.32 Å². The zero-order chi connectivity index (χ0) is 12.0. The summed E-state index contributed by atoms with van der Waals surface area (Å²) in [6.45, 7) is 6.36. The van der Waals surface area contributed by atoms with E-state index in [1.165, 1.54) is 0 Å². The monoisotopic (exact) mass is 225 g/mol. The Hall–Kier alpha value is -1.36. The minimum Gasteiger partial charge on any atom is -0.360 e. The van der Waals surface area contributed by atoms with Gasteiger partial charge in [-0.2, -0.15) is 0 Å². The van der Waals surface area contributed by atoms with Crippen molar-refractivity contribution in [2.45, 2.75) is 45.8 Å². The summed E-state index contributed by atoms with van der Waals surface area (Å²) in [6.07, 6.45) is 2.52. The smallest absolute Gasteiger partial charge is 0.237 e. The highest BCUT2D eigenvalue weighted by molar-refractivity contribution is 5.81. The molecule has 1 aromatic heterocycles. The van der Waals surface area contributed by atoms with Gasteiger partial charge in [-0.05, 0) is 20.3 Å². The van der Waals surface area contributed by atoms with Crippen LogP contribution in [0.4, 0.5) is 0 Å². The summed E-state index contributed by atoms with van der Waals surface area (Å²) in [7, 11) is 0. The van der Waals surface area contributed by atoms with Crippen LogP contribution in [0.1, 0.15) is 33.0 Å². The number of aromatic nitrogens is 1. The number of nitrogens with zero attached hydrogens (tertiary/aromatic N) is 1. The fourth-order valence-corrected chi connectivity index (χ4v) is 1.15. The molecule has 0 aromatic carbocycles. The molecule has 5 heteroatoms. The van der Waals surface area contributed by atoms with E-state index in [9.17, 15) is 4.79 Å². The highest BCUT2D eigenvalue weighted by atomic mass is 16.5. The molecule has 1 aromatic rings. The molecule has 2 N–H and O–H groups in total. The van der Waals surface area contributed by atoms with E-state index in [1.54, 1.807) is 12.3 Å². The molecule has 0 bridgehead atoms. The molecule has 1 rings (SSSR count). The zero-order valence-electron chi connectivity index (χ0n) is 9.99. The van der Waals surface area contributed by atoms with Crippen molar-refractivity contribution in [1.29, 1.82) is 0 Å². The van der Waals surface area contributed by atoms with Crippen LogP contribution in [-0.4, -0.2) is 23.1 Å². The molecule has 2 atom stereocenters. The van der Waals surface area contributed by atoms with Crippen molar-refractivity contribution in [3.8, 4) is 0 Å². The van der Waals surface area contributed by atoms with Crippen LogP contribution < -0.4 is 10.6 Å². The summed E-state index contributed by atoms with van der Waals surface area (Å²) < 4.78 is 4.92. The molecule has 0 saturated heterocycles. The fourth-order valence-electron chi connectivity index (χ4n) is 1.15. The Bertz CT molecular complexity index is 311. The molecule has 5 nitrogen and oxygen atoms in total. The van der Waals surface area contributed by atoms with Crippen LogP contribution >= 0.6 is 0 Å². The van der Waals surface area contributed by atoms with Crippen LogP contribution in [0.5, 0.6) is 0 Å². The third-order valence-electron chi connectivity index (χ3n) is 2.47. The molecule has 0 fully saturated rings. The van der Waals surface area contributed by atoms with Crippen molar-refractivity contribution in [2.75, 3.05) is 0 Å². The van der Waals surface area contributed by atoms with E-state index in [-0.39, 0.29) is 18.0 Å². The Labute approximate surface area is 95.6 Å². The van der Waals surface area contributed by atoms with E-state index < -0.39 is 0 Å². The van der Waals surface area contributed by atoms with Gasteiger partial charge in [0.1, 0.15) is 5.76 Å². The van der Waals surface area contributed by atoms with E-state index >= 15 is 0 Å². The van der Waals surface area contributed by atoms with E-state index in [2.05, 4.69) is 15.8 Å². The van der Waals surface area contributed by atoms with Gasteiger partial charge in [0.25, 0.3) is 0 Å². The second kappa shape index (κ2) is 6.27. The quantitative estimate of drug-likeness (QED) is 0.760. The maximum absolute atomic E-state index is 11.7. The lowest BCUT2D eigenvalue weighted by Gasteiger charge is -2.16. The van der Waals surface area contributed by atoms with Gasteiger partial charge in [-0.15, -0.1) is 0 Å². The standard InChI is InChI=1S/C11H19N3O2/c1-4-8(2)14-11(15)9(3)12-7-10-5-6-13-16-10/h5-6,8-9,12H,4,7H2,1-3H3,(H,14,15). The molecule has 0 spiro atoms. The second-order valence-corrected chi connectivity index (χ2v) is 3.90. The highest BCUT2D eigenvalue weighted by Crippen LogP contribution is 1.97. The van der Waals surface area contributed by atoms with Crippen LogP contribution in [-0.2, 0) is 11.3 Å². The van der Waals surface area contributed by atoms with Gasteiger partial charge >= 0.3 is 0 Å². The highest BCUT2D eigenvalue weighted by Gasteiger charge is 2.14. The molecular formula is C11H19N3O2. The Morgan fingerprint density at radius 3 is 2.88 bits per heavy atom. The van der Waals surface area contributed by atoms with Crippen molar-refractivity contribution in [3.05, 3.63) is 18.0 Å². The lowest BCUT2D eigenvalue weighted by atomic mass is 10.2. The van der Waals surface area contributed by atoms with Gasteiger partial charge < -0.3 is 9.84 Å². The third kappa shape index (κ3) is 4.02. The predicted octanol–water partition coefficient (Wildman–Crippen LogP) is 1.07. The molecule has 2 unspecified atom stereocenters. The van der Waals surface area contributed by atoms with E-state index in [1.807, 2.05) is 20.8 Å². The van der Waals surface area contributed by atoms with Crippen molar-refractivity contribution >= 4 is 5.91 Å². The van der Waals surface area contributed by atoms with Crippen LogP contribution in [0, 0.1) is 0 Å². The van der Waals surface area contributed by atoms with Gasteiger partial charge in [-0.3, -0.25) is 10.1 Å². The molecule has 0 saturated carbocycles. The second-order valence-electron chi connectivity index (χ2n) is 3.90. The minimum atomic E-state index is -0.237. The zero-order valence-corrected chi connectivity index (χ0v) is 9.99. The molecule has 16 heavy (non-hydrogen) atoms. The van der Waals surface area contributed by atoms with Crippen LogP contribution in [0.3, 0.4) is 0 Å². The number of amides is 1. The first-order valence-corrected chi connectivity index (χ1v) is 5.56. The van der Waals surface area contributed by atoms with Crippen LogP contribution in [0.2, 0.25) is 0 Å². The largest absolute Gasteiger partial charge is 0.360 e. The first kappa shape index (κ1) is 12.7. The lowest BCUT2D eigenvalue weighted by molar-refractivity contribution is -0.123. The van der Waals surface area contributed by atoms with Crippen molar-refractivity contribution in [1.82, 2.24) is 15.8 Å². The Balaban J connectivity index is 2.29. The Morgan fingerprint density at radius 2 is 2.31 bits per heavy atom. The summed E-state index contributed by atoms with van der Waals surface area (Å²) >= 11 is 0. The molecule has 0 radical (unpaired) electrons. The molecule has 1 heterocycles. The molecule has 0 aliphatic rings. The summed E-state index contributed by atoms with van der Waals surface area (Å²) in [5, 5.41) is 9.57. The van der Waals surface area contributed by atoms with Gasteiger partial charge in [0.2, 0.25) is 5.91 Å². The molecule has 0 aliphatic heterocycles. The number of nitrogens with one attached hydrogen (secondary N) is 2. The number of hydrogen-bond donors (Lipinski definition) is 2. The average molecular weight is 225 g/mol. The predicted molar refractivity (Wildman–Crippen MR) is 60.7 cm³/mol. The summed E-state index contributed by atoms with van der Waals surface area (Å²) in [5.74, 6) is 0.733. The SMILES string of the molecule is CCC(C)NC(=O)C(C)NCc1ccno1. The first-order valence-electron chi connectivity index (χ1n) is 5.56. The molecule has 1 amide bonds. The van der Waals surface area contributed by atoms with E-state index in [0.717, 1.165) is 12.2 Å². The van der Waals surface area contributed by atoms with Gasteiger partial charge in [0.05, 0.1) is 18.8 Å². The summed E-state index contributed by atoms with van der Waals surface area (Å²) in [4.78, 5) is 11.7. The molecule has 0 aliphatic carbocycles. The fraction of sp³-hybridized carbons (Fsp3) is 0.636. The normalized spacial score (nSPS) is 14.4. The van der Waals surface area contributed by atoms with Crippen molar-refractivity contribution in [2.24, 2.45) is 0 Å². The van der Waals surface area contributed by atoms with Gasteiger partial charge in [0.15, 0.2) is 0 Å². The number of hydrogen-bond acceptors (Lipinski definition) is 4.